The monoisotopic (exact) mass is 383 g/mol. The van der Waals surface area contributed by atoms with Crippen molar-refractivity contribution < 1.29 is 18.8 Å². The number of hydrogen-bond acceptors (Lipinski definition) is 5. The van der Waals surface area contributed by atoms with Crippen molar-refractivity contribution in [3.63, 3.8) is 0 Å². The smallest absolute Gasteiger partial charge is 0.466 e. The Morgan fingerprint density at radius 2 is 1.91 bits per heavy atom. The minimum absolute atomic E-state index is 0.166. The second-order valence-electron chi connectivity index (χ2n) is 6.64. The van der Waals surface area contributed by atoms with Crippen LogP contribution in [-0.2, 0) is 18.8 Å². The first-order valence-corrected chi connectivity index (χ1v) is 8.58. The maximum atomic E-state index is 12.0. The molecule has 0 N–H and O–H groups in total. The number of hydrogen-bond donors (Lipinski definition) is 0. The highest BCUT2D eigenvalue weighted by Crippen LogP contribution is 2.41. The average Bonchev–Trinajstić information content (AvgIpc) is 2.66. The second kappa shape index (κ2) is 6.91. The van der Waals surface area contributed by atoms with Gasteiger partial charge in [0.25, 0.3) is 0 Å². The Morgan fingerprint density at radius 3 is 2.39 bits per heavy atom. The molecule has 1 aliphatic heterocycles. The van der Waals surface area contributed by atoms with Crippen LogP contribution in [0.2, 0.25) is 0 Å². The molecule has 0 radical (unpaired) electrons. The van der Waals surface area contributed by atoms with Gasteiger partial charge in [-0.1, -0.05) is 0 Å². The number of carbonyl (C=O) groups is 1. The van der Waals surface area contributed by atoms with Crippen LogP contribution in [0.3, 0.4) is 0 Å². The molecule has 0 aromatic carbocycles. The third kappa shape index (κ3) is 4.14. The number of esters is 1. The highest BCUT2D eigenvalue weighted by atomic mass is 79.9. The molecule has 0 bridgehead atoms. The minimum atomic E-state index is -0.543. The van der Waals surface area contributed by atoms with Crippen LogP contribution in [0.15, 0.2) is 22.8 Å². The van der Waals surface area contributed by atoms with E-state index in [1.807, 2.05) is 39.8 Å². The van der Waals surface area contributed by atoms with Gasteiger partial charge in [0.05, 0.1) is 24.2 Å². The Labute approximate surface area is 146 Å². The predicted molar refractivity (Wildman–Crippen MR) is 92.0 cm³/mol. The molecule has 2 rings (SSSR count). The van der Waals surface area contributed by atoms with Crippen molar-refractivity contribution in [2.75, 3.05) is 6.61 Å². The van der Waals surface area contributed by atoms with E-state index in [1.165, 1.54) is 0 Å². The van der Waals surface area contributed by atoms with Gasteiger partial charge in [-0.25, -0.2) is 0 Å². The van der Waals surface area contributed by atoms with E-state index in [9.17, 15) is 4.79 Å². The summed E-state index contributed by atoms with van der Waals surface area (Å²) < 4.78 is 18.2. The highest BCUT2D eigenvalue weighted by molar-refractivity contribution is 9.10. The summed E-state index contributed by atoms with van der Waals surface area (Å²) in [6.07, 6.45) is 1.87. The SMILES string of the molecule is CCOC(=O)CC(B1OC(C)(C)C(C)(C)O1)c1ccc(Br)cn1. The first-order valence-electron chi connectivity index (χ1n) is 7.79. The van der Waals surface area contributed by atoms with Gasteiger partial charge in [-0.3, -0.25) is 9.78 Å². The molecular weight excluding hydrogens is 361 g/mol. The van der Waals surface area contributed by atoms with Crippen molar-refractivity contribution in [3.8, 4) is 0 Å². The highest BCUT2D eigenvalue weighted by Gasteiger charge is 2.54. The van der Waals surface area contributed by atoms with Gasteiger partial charge in [-0.15, -0.1) is 0 Å². The van der Waals surface area contributed by atoms with Crippen LogP contribution in [0.25, 0.3) is 0 Å². The fourth-order valence-electron chi connectivity index (χ4n) is 2.40. The first kappa shape index (κ1) is 18.4. The summed E-state index contributed by atoms with van der Waals surface area (Å²) in [5, 5.41) is 0. The van der Waals surface area contributed by atoms with Gasteiger partial charge in [0.15, 0.2) is 0 Å². The maximum Gasteiger partial charge on any atom is 0.468 e. The fourth-order valence-corrected chi connectivity index (χ4v) is 2.63. The first-order chi connectivity index (χ1) is 10.7. The van der Waals surface area contributed by atoms with Crippen LogP contribution in [0, 0.1) is 0 Å². The summed E-state index contributed by atoms with van der Waals surface area (Å²) in [6.45, 7) is 10.1. The quantitative estimate of drug-likeness (QED) is 0.575. The van der Waals surface area contributed by atoms with Crippen LogP contribution in [0.1, 0.15) is 52.6 Å². The molecule has 0 saturated carbocycles. The van der Waals surface area contributed by atoms with Crippen molar-refractivity contribution in [2.45, 2.75) is 58.1 Å². The Hall–Kier alpha value is -0.915. The molecule has 0 amide bonds. The lowest BCUT2D eigenvalue weighted by Gasteiger charge is -2.32. The summed E-state index contributed by atoms with van der Waals surface area (Å²) in [4.78, 5) is 16.4. The van der Waals surface area contributed by atoms with E-state index in [0.29, 0.717) is 6.61 Å². The van der Waals surface area contributed by atoms with Gasteiger partial charge in [0, 0.05) is 22.2 Å². The molecule has 1 fully saturated rings. The number of halogens is 1. The number of nitrogens with zero attached hydrogens (tertiary/aromatic N) is 1. The van der Waals surface area contributed by atoms with E-state index in [-0.39, 0.29) is 18.2 Å². The number of carbonyl (C=O) groups excluding carboxylic acids is 1. The largest absolute Gasteiger partial charge is 0.468 e. The van der Waals surface area contributed by atoms with E-state index in [4.69, 9.17) is 14.0 Å². The molecule has 1 atom stereocenters. The average molecular weight is 384 g/mol. The maximum absolute atomic E-state index is 12.0. The summed E-state index contributed by atoms with van der Waals surface area (Å²) in [6, 6.07) is 3.77. The van der Waals surface area contributed by atoms with E-state index in [1.54, 1.807) is 13.1 Å². The van der Waals surface area contributed by atoms with Gasteiger partial charge < -0.3 is 14.0 Å². The van der Waals surface area contributed by atoms with Crippen LogP contribution in [0.5, 0.6) is 0 Å². The molecule has 0 spiro atoms. The topological polar surface area (TPSA) is 57.7 Å². The van der Waals surface area contributed by atoms with E-state index in [2.05, 4.69) is 20.9 Å². The van der Waals surface area contributed by atoms with Crippen molar-refractivity contribution >= 4 is 29.0 Å². The van der Waals surface area contributed by atoms with E-state index >= 15 is 0 Å². The minimum Gasteiger partial charge on any atom is -0.466 e. The van der Waals surface area contributed by atoms with E-state index in [0.717, 1.165) is 10.2 Å². The zero-order valence-electron chi connectivity index (χ0n) is 14.3. The standard InChI is InChI=1S/C16H23BBrNO4/c1-6-21-14(20)9-12(13-8-7-11(18)10-19-13)17-22-15(2,3)16(4,5)23-17/h7-8,10,12H,6,9H2,1-5H3. The number of ether oxygens (including phenoxy) is 1. The summed E-state index contributed by atoms with van der Waals surface area (Å²) in [5.41, 5.74) is -0.167. The van der Waals surface area contributed by atoms with E-state index < -0.39 is 18.3 Å². The molecule has 1 aliphatic rings. The number of aromatic nitrogens is 1. The molecule has 7 heteroatoms. The molecule has 1 unspecified atom stereocenters. The normalized spacial score (nSPS) is 20.3. The Bertz CT molecular complexity index is 546. The summed E-state index contributed by atoms with van der Waals surface area (Å²) >= 11 is 3.37. The van der Waals surface area contributed by atoms with Crippen molar-refractivity contribution in [3.05, 3.63) is 28.5 Å². The molecule has 1 aromatic rings. The lowest BCUT2D eigenvalue weighted by atomic mass is 9.68. The molecular formula is C16H23BBrNO4. The Morgan fingerprint density at radius 1 is 1.30 bits per heavy atom. The third-order valence-electron chi connectivity index (χ3n) is 4.42. The van der Waals surface area contributed by atoms with Crippen molar-refractivity contribution in [1.82, 2.24) is 4.98 Å². The number of rotatable bonds is 5. The fraction of sp³-hybridized carbons (Fsp3) is 0.625. The zero-order valence-corrected chi connectivity index (χ0v) is 15.8. The predicted octanol–water partition coefficient (Wildman–Crippen LogP) is 3.51. The lowest BCUT2D eigenvalue weighted by molar-refractivity contribution is -0.143. The third-order valence-corrected chi connectivity index (χ3v) is 4.89. The lowest BCUT2D eigenvalue weighted by Crippen LogP contribution is -2.41. The van der Waals surface area contributed by atoms with Gasteiger partial charge >= 0.3 is 13.1 Å². The molecule has 126 valence electrons. The summed E-state index contributed by atoms with van der Waals surface area (Å²) in [5.74, 6) is -0.597. The van der Waals surface area contributed by atoms with Crippen molar-refractivity contribution in [2.24, 2.45) is 0 Å². The number of pyridine rings is 1. The van der Waals surface area contributed by atoms with Crippen molar-refractivity contribution in [1.29, 1.82) is 0 Å². The van der Waals surface area contributed by atoms with Crippen LogP contribution in [0.4, 0.5) is 0 Å². The molecule has 2 heterocycles. The Kier molecular flexibility index (Phi) is 5.54. The van der Waals surface area contributed by atoms with Gasteiger partial charge in [-0.05, 0) is 62.7 Å². The van der Waals surface area contributed by atoms with Gasteiger partial charge in [-0.2, -0.15) is 0 Å². The Balaban J connectivity index is 2.27. The summed E-state index contributed by atoms with van der Waals surface area (Å²) in [7, 11) is -0.543. The van der Waals surface area contributed by atoms with Gasteiger partial charge in [0.2, 0.25) is 0 Å². The molecule has 1 aromatic heterocycles. The zero-order chi connectivity index (χ0) is 17.3. The van der Waals surface area contributed by atoms with Gasteiger partial charge in [0.1, 0.15) is 0 Å². The molecule has 1 saturated heterocycles. The van der Waals surface area contributed by atoms with Crippen LogP contribution < -0.4 is 0 Å². The van der Waals surface area contributed by atoms with Crippen LogP contribution in [-0.4, -0.2) is 35.9 Å². The molecule has 5 nitrogen and oxygen atoms in total. The molecule has 0 aliphatic carbocycles. The second-order valence-corrected chi connectivity index (χ2v) is 7.56. The molecule has 23 heavy (non-hydrogen) atoms. The van der Waals surface area contributed by atoms with Crippen LogP contribution >= 0.6 is 15.9 Å².